The predicted octanol–water partition coefficient (Wildman–Crippen LogP) is 4.07. The molecule has 1 heterocycles. The number of methoxy groups -OCH3 is 1. The zero-order valence-electron chi connectivity index (χ0n) is 10.2. The van der Waals surface area contributed by atoms with E-state index < -0.39 is 0 Å². The van der Waals surface area contributed by atoms with Gasteiger partial charge in [0, 0.05) is 34.5 Å². The van der Waals surface area contributed by atoms with Gasteiger partial charge in [0.15, 0.2) is 0 Å². The van der Waals surface area contributed by atoms with Crippen molar-refractivity contribution in [1.29, 1.82) is 0 Å². The lowest BCUT2D eigenvalue weighted by molar-refractivity contribution is -0.0978. The van der Waals surface area contributed by atoms with Gasteiger partial charge in [0.1, 0.15) is 4.34 Å². The first-order valence-electron chi connectivity index (χ1n) is 5.65. The van der Waals surface area contributed by atoms with E-state index in [9.17, 15) is 0 Å². The highest BCUT2D eigenvalue weighted by molar-refractivity contribution is 9.10. The second kappa shape index (κ2) is 5.17. The molecule has 0 radical (unpaired) electrons. The van der Waals surface area contributed by atoms with E-state index in [4.69, 9.17) is 16.3 Å². The Labute approximate surface area is 120 Å². The van der Waals surface area contributed by atoms with E-state index >= 15 is 0 Å². The monoisotopic (exact) mass is 337 g/mol. The number of thiophene rings is 1. The van der Waals surface area contributed by atoms with Crippen LogP contribution >= 0.6 is 38.9 Å². The van der Waals surface area contributed by atoms with Crippen molar-refractivity contribution < 1.29 is 4.74 Å². The van der Waals surface area contributed by atoms with E-state index in [2.05, 4.69) is 41.2 Å². The van der Waals surface area contributed by atoms with Gasteiger partial charge in [-0.3, -0.25) is 0 Å². The maximum Gasteiger partial charge on any atom is 0.107 e. The molecule has 2 atom stereocenters. The van der Waals surface area contributed by atoms with Crippen LogP contribution in [0, 0.1) is 5.41 Å². The Balaban J connectivity index is 1.88. The van der Waals surface area contributed by atoms with Gasteiger partial charge in [0.05, 0.1) is 6.10 Å². The lowest BCUT2D eigenvalue weighted by Crippen LogP contribution is -2.60. The Hall–Kier alpha value is 0.390. The summed E-state index contributed by atoms with van der Waals surface area (Å²) in [6, 6.07) is 2.60. The van der Waals surface area contributed by atoms with Crippen LogP contribution in [0.1, 0.15) is 25.1 Å². The molecule has 0 aliphatic heterocycles. The van der Waals surface area contributed by atoms with Crippen molar-refractivity contribution in [1.82, 2.24) is 5.32 Å². The molecule has 5 heteroatoms. The zero-order valence-corrected chi connectivity index (χ0v) is 13.4. The van der Waals surface area contributed by atoms with Gasteiger partial charge in [-0.2, -0.15) is 0 Å². The molecule has 1 fully saturated rings. The number of rotatable bonds is 4. The maximum atomic E-state index is 6.02. The summed E-state index contributed by atoms with van der Waals surface area (Å²) in [5, 5.41) is 3.58. The minimum atomic E-state index is 0.215. The predicted molar refractivity (Wildman–Crippen MR) is 76.9 cm³/mol. The fraction of sp³-hybridized carbons (Fsp3) is 0.667. The molecule has 1 aliphatic carbocycles. The zero-order chi connectivity index (χ0) is 12.6. The lowest BCUT2D eigenvalue weighted by atomic mass is 9.64. The molecule has 0 saturated heterocycles. The summed E-state index contributed by atoms with van der Waals surface area (Å²) < 4.78 is 7.25. The van der Waals surface area contributed by atoms with Gasteiger partial charge in [0.2, 0.25) is 0 Å². The lowest BCUT2D eigenvalue weighted by Gasteiger charge is -2.51. The van der Waals surface area contributed by atoms with Gasteiger partial charge < -0.3 is 10.1 Å². The molecule has 1 aromatic heterocycles. The Kier molecular flexibility index (Phi) is 4.20. The van der Waals surface area contributed by atoms with Gasteiger partial charge in [-0.1, -0.05) is 25.4 Å². The highest BCUT2D eigenvalue weighted by Gasteiger charge is 2.48. The SMILES string of the molecule is COC1CC(NCc2cc(Br)c(Cl)s2)C1(C)C. The van der Waals surface area contributed by atoms with Crippen molar-refractivity contribution in [3.63, 3.8) is 0 Å². The van der Waals surface area contributed by atoms with E-state index in [0.29, 0.717) is 12.1 Å². The fourth-order valence-corrected chi connectivity index (χ4v) is 4.08. The van der Waals surface area contributed by atoms with Crippen molar-refractivity contribution in [2.45, 2.75) is 39.0 Å². The molecule has 0 amide bonds. The topological polar surface area (TPSA) is 21.3 Å². The van der Waals surface area contributed by atoms with Crippen LogP contribution in [-0.2, 0) is 11.3 Å². The molecule has 17 heavy (non-hydrogen) atoms. The van der Waals surface area contributed by atoms with Crippen LogP contribution < -0.4 is 5.32 Å². The number of hydrogen-bond donors (Lipinski definition) is 1. The minimum Gasteiger partial charge on any atom is -0.381 e. The summed E-state index contributed by atoms with van der Waals surface area (Å²) in [5.41, 5.74) is 0.215. The molecule has 2 rings (SSSR count). The third-order valence-electron chi connectivity index (χ3n) is 3.68. The normalized spacial score (nSPS) is 26.9. The molecule has 1 saturated carbocycles. The maximum absolute atomic E-state index is 6.02. The molecule has 0 spiro atoms. The Morgan fingerprint density at radius 1 is 1.65 bits per heavy atom. The van der Waals surface area contributed by atoms with Crippen LogP contribution in [0.5, 0.6) is 0 Å². The third kappa shape index (κ3) is 2.71. The first-order chi connectivity index (χ1) is 7.95. The van der Waals surface area contributed by atoms with Gasteiger partial charge in [-0.15, -0.1) is 11.3 Å². The van der Waals surface area contributed by atoms with Crippen molar-refractivity contribution >= 4 is 38.9 Å². The number of halogens is 2. The summed E-state index contributed by atoms with van der Waals surface area (Å²) in [7, 11) is 1.79. The Morgan fingerprint density at radius 3 is 2.82 bits per heavy atom. The molecule has 2 nitrogen and oxygen atoms in total. The van der Waals surface area contributed by atoms with Crippen LogP contribution in [-0.4, -0.2) is 19.3 Å². The molecule has 1 N–H and O–H groups in total. The first kappa shape index (κ1) is 13.8. The summed E-state index contributed by atoms with van der Waals surface area (Å²) in [4.78, 5) is 1.26. The quantitative estimate of drug-likeness (QED) is 0.893. The molecule has 1 aromatic rings. The number of hydrogen-bond acceptors (Lipinski definition) is 3. The van der Waals surface area contributed by atoms with Crippen LogP contribution in [0.4, 0.5) is 0 Å². The van der Waals surface area contributed by atoms with Gasteiger partial charge in [0.25, 0.3) is 0 Å². The smallest absolute Gasteiger partial charge is 0.107 e. The highest BCUT2D eigenvalue weighted by Crippen LogP contribution is 2.42. The van der Waals surface area contributed by atoms with Gasteiger partial charge in [-0.05, 0) is 28.4 Å². The van der Waals surface area contributed by atoms with Gasteiger partial charge in [-0.25, -0.2) is 0 Å². The van der Waals surface area contributed by atoms with Crippen LogP contribution in [0.3, 0.4) is 0 Å². The van der Waals surface area contributed by atoms with Crippen molar-refractivity contribution in [2.75, 3.05) is 7.11 Å². The largest absolute Gasteiger partial charge is 0.381 e. The average Bonchev–Trinajstić information content (AvgIpc) is 2.57. The minimum absolute atomic E-state index is 0.215. The third-order valence-corrected chi connectivity index (χ3v) is 6.16. The van der Waals surface area contributed by atoms with Crippen LogP contribution in [0.15, 0.2) is 10.5 Å². The van der Waals surface area contributed by atoms with Crippen molar-refractivity contribution in [3.8, 4) is 0 Å². The molecule has 96 valence electrons. The summed E-state index contributed by atoms with van der Waals surface area (Å²) in [6.45, 7) is 5.37. The molecule has 2 unspecified atom stereocenters. The van der Waals surface area contributed by atoms with Crippen molar-refractivity contribution in [3.05, 3.63) is 19.8 Å². The molecular weight excluding hydrogens is 322 g/mol. The highest BCUT2D eigenvalue weighted by atomic mass is 79.9. The second-order valence-electron chi connectivity index (χ2n) is 5.05. The Bertz CT molecular complexity index is 388. The van der Waals surface area contributed by atoms with Crippen LogP contribution in [0.2, 0.25) is 4.34 Å². The van der Waals surface area contributed by atoms with Gasteiger partial charge >= 0.3 is 0 Å². The Morgan fingerprint density at radius 2 is 2.35 bits per heavy atom. The fourth-order valence-electron chi connectivity index (χ4n) is 2.33. The number of ether oxygens (including phenoxy) is 1. The molecule has 1 aliphatic rings. The van der Waals surface area contributed by atoms with E-state index in [1.165, 1.54) is 4.88 Å². The molecule has 0 bridgehead atoms. The average molecular weight is 339 g/mol. The van der Waals surface area contributed by atoms with E-state index in [0.717, 1.165) is 21.8 Å². The molecular formula is C12H17BrClNOS. The summed E-state index contributed by atoms with van der Waals surface area (Å²) in [6.07, 6.45) is 1.46. The van der Waals surface area contributed by atoms with E-state index in [1.807, 2.05) is 0 Å². The van der Waals surface area contributed by atoms with E-state index in [1.54, 1.807) is 18.4 Å². The second-order valence-corrected chi connectivity index (χ2v) is 7.64. The summed E-state index contributed by atoms with van der Waals surface area (Å²) in [5.74, 6) is 0. The summed E-state index contributed by atoms with van der Waals surface area (Å²) >= 11 is 11.1. The number of nitrogens with one attached hydrogen (secondary N) is 1. The van der Waals surface area contributed by atoms with E-state index in [-0.39, 0.29) is 5.41 Å². The molecule has 0 aromatic carbocycles. The first-order valence-corrected chi connectivity index (χ1v) is 7.63. The standard InChI is InChI=1S/C12H17BrClNOS/c1-12(2)9(5-10(12)16-3)15-6-7-4-8(13)11(14)17-7/h4,9-10,15H,5-6H2,1-3H3. The van der Waals surface area contributed by atoms with Crippen LogP contribution in [0.25, 0.3) is 0 Å². The van der Waals surface area contributed by atoms with Crippen molar-refractivity contribution in [2.24, 2.45) is 5.41 Å².